The largest absolute Gasteiger partial charge is 0.491 e. The molecule has 1 aromatic rings. The standard InChI is InChI=1S/C19H31NO/c1-5-20-13-16-11-10-15(4)12-18(16)17-8-6-7-9-19(17)21-14(2)3/h6-9,14-16,18,20H,5,10-13H2,1-4H3. The molecule has 2 rings (SSSR count). The predicted molar refractivity (Wildman–Crippen MR) is 90.0 cm³/mol. The summed E-state index contributed by atoms with van der Waals surface area (Å²) in [6, 6.07) is 8.66. The van der Waals surface area contributed by atoms with Gasteiger partial charge in [-0.25, -0.2) is 0 Å². The summed E-state index contributed by atoms with van der Waals surface area (Å²) < 4.78 is 6.07. The lowest BCUT2D eigenvalue weighted by atomic mass is 9.71. The molecule has 3 atom stereocenters. The molecule has 0 saturated heterocycles. The molecule has 0 heterocycles. The minimum absolute atomic E-state index is 0.236. The van der Waals surface area contributed by atoms with Gasteiger partial charge in [0.2, 0.25) is 0 Å². The van der Waals surface area contributed by atoms with E-state index in [4.69, 9.17) is 4.74 Å². The summed E-state index contributed by atoms with van der Waals surface area (Å²) >= 11 is 0. The fourth-order valence-electron chi connectivity index (χ4n) is 3.55. The van der Waals surface area contributed by atoms with Crippen molar-refractivity contribution in [1.82, 2.24) is 5.32 Å². The van der Waals surface area contributed by atoms with Crippen LogP contribution >= 0.6 is 0 Å². The van der Waals surface area contributed by atoms with Crippen LogP contribution in [-0.2, 0) is 0 Å². The number of benzene rings is 1. The van der Waals surface area contributed by atoms with E-state index < -0.39 is 0 Å². The van der Waals surface area contributed by atoms with Crippen molar-refractivity contribution in [3.05, 3.63) is 29.8 Å². The van der Waals surface area contributed by atoms with E-state index in [9.17, 15) is 0 Å². The second kappa shape index (κ2) is 7.84. The van der Waals surface area contributed by atoms with Crippen LogP contribution in [0.1, 0.15) is 58.4 Å². The van der Waals surface area contributed by atoms with Gasteiger partial charge >= 0.3 is 0 Å². The topological polar surface area (TPSA) is 21.3 Å². The zero-order chi connectivity index (χ0) is 15.2. The van der Waals surface area contributed by atoms with Crippen LogP contribution in [0.5, 0.6) is 5.75 Å². The van der Waals surface area contributed by atoms with Gasteiger partial charge < -0.3 is 10.1 Å². The Morgan fingerprint density at radius 1 is 1.24 bits per heavy atom. The van der Waals surface area contributed by atoms with Crippen LogP contribution in [0.25, 0.3) is 0 Å². The minimum Gasteiger partial charge on any atom is -0.491 e. The Hall–Kier alpha value is -1.02. The van der Waals surface area contributed by atoms with Crippen molar-refractivity contribution >= 4 is 0 Å². The predicted octanol–water partition coefficient (Wildman–Crippen LogP) is 4.60. The Morgan fingerprint density at radius 3 is 2.71 bits per heavy atom. The normalized spacial score (nSPS) is 26.0. The van der Waals surface area contributed by atoms with Crippen molar-refractivity contribution in [2.75, 3.05) is 13.1 Å². The molecule has 3 unspecified atom stereocenters. The number of rotatable bonds is 6. The number of hydrogen-bond acceptors (Lipinski definition) is 2. The van der Waals surface area contributed by atoms with Gasteiger partial charge in [-0.1, -0.05) is 38.5 Å². The molecule has 2 heteroatoms. The highest BCUT2D eigenvalue weighted by Crippen LogP contribution is 2.43. The number of para-hydroxylation sites is 1. The highest BCUT2D eigenvalue weighted by molar-refractivity contribution is 5.37. The maximum absolute atomic E-state index is 6.07. The van der Waals surface area contributed by atoms with Gasteiger partial charge in [0.05, 0.1) is 6.10 Å². The lowest BCUT2D eigenvalue weighted by molar-refractivity contribution is 0.216. The van der Waals surface area contributed by atoms with E-state index in [1.165, 1.54) is 24.8 Å². The summed E-state index contributed by atoms with van der Waals surface area (Å²) in [6.07, 6.45) is 4.21. The van der Waals surface area contributed by atoms with Gasteiger partial charge in [0.25, 0.3) is 0 Å². The second-order valence-corrected chi connectivity index (χ2v) is 6.80. The maximum atomic E-state index is 6.07. The maximum Gasteiger partial charge on any atom is 0.123 e. The van der Waals surface area contributed by atoms with Crippen molar-refractivity contribution in [1.29, 1.82) is 0 Å². The summed E-state index contributed by atoms with van der Waals surface area (Å²) in [4.78, 5) is 0. The summed E-state index contributed by atoms with van der Waals surface area (Å²) in [6.45, 7) is 11.0. The fraction of sp³-hybridized carbons (Fsp3) is 0.684. The van der Waals surface area contributed by atoms with E-state index in [0.717, 1.165) is 30.7 Å². The van der Waals surface area contributed by atoms with Gasteiger partial charge in [-0.3, -0.25) is 0 Å². The third kappa shape index (κ3) is 4.47. The molecule has 0 aromatic heterocycles. The first-order chi connectivity index (χ1) is 10.1. The molecule has 0 radical (unpaired) electrons. The SMILES string of the molecule is CCNCC1CCC(C)CC1c1ccccc1OC(C)C. The molecule has 1 saturated carbocycles. The summed E-state index contributed by atoms with van der Waals surface area (Å²) in [5, 5.41) is 3.55. The second-order valence-electron chi connectivity index (χ2n) is 6.80. The van der Waals surface area contributed by atoms with Crippen LogP contribution in [0, 0.1) is 11.8 Å². The highest BCUT2D eigenvalue weighted by Gasteiger charge is 2.31. The molecule has 0 aliphatic heterocycles. The van der Waals surface area contributed by atoms with Crippen LogP contribution in [0.15, 0.2) is 24.3 Å². The van der Waals surface area contributed by atoms with Gasteiger partial charge in [0.15, 0.2) is 0 Å². The first-order valence-electron chi connectivity index (χ1n) is 8.58. The van der Waals surface area contributed by atoms with E-state index in [2.05, 4.69) is 57.3 Å². The molecule has 21 heavy (non-hydrogen) atoms. The Bertz CT molecular complexity index is 427. The van der Waals surface area contributed by atoms with Crippen molar-refractivity contribution in [2.45, 2.75) is 59.0 Å². The van der Waals surface area contributed by atoms with Crippen LogP contribution in [0.3, 0.4) is 0 Å². The van der Waals surface area contributed by atoms with E-state index in [-0.39, 0.29) is 6.10 Å². The molecule has 1 N–H and O–H groups in total. The highest BCUT2D eigenvalue weighted by atomic mass is 16.5. The van der Waals surface area contributed by atoms with Crippen LogP contribution in [-0.4, -0.2) is 19.2 Å². The van der Waals surface area contributed by atoms with Crippen molar-refractivity contribution in [3.63, 3.8) is 0 Å². The first-order valence-corrected chi connectivity index (χ1v) is 8.58. The lowest BCUT2D eigenvalue weighted by Gasteiger charge is -2.36. The number of ether oxygens (including phenoxy) is 1. The molecule has 0 amide bonds. The molecule has 0 bridgehead atoms. The molecule has 1 fully saturated rings. The average molecular weight is 289 g/mol. The van der Waals surface area contributed by atoms with Gasteiger partial charge in [0.1, 0.15) is 5.75 Å². The fourth-order valence-corrected chi connectivity index (χ4v) is 3.55. The van der Waals surface area contributed by atoms with Crippen molar-refractivity contribution in [2.24, 2.45) is 11.8 Å². The molecule has 1 aliphatic carbocycles. The van der Waals surface area contributed by atoms with Gasteiger partial charge in [0, 0.05) is 0 Å². The smallest absolute Gasteiger partial charge is 0.123 e. The molecule has 1 aliphatic rings. The van der Waals surface area contributed by atoms with Gasteiger partial charge in [-0.05, 0) is 69.2 Å². The van der Waals surface area contributed by atoms with E-state index in [1.54, 1.807) is 0 Å². The Morgan fingerprint density at radius 2 is 2.00 bits per heavy atom. The zero-order valence-corrected chi connectivity index (χ0v) is 14.1. The Balaban J connectivity index is 2.22. The Kier molecular flexibility index (Phi) is 6.10. The molecule has 1 aromatic carbocycles. The summed E-state index contributed by atoms with van der Waals surface area (Å²) in [5.74, 6) is 3.27. The molecular weight excluding hydrogens is 258 g/mol. The van der Waals surface area contributed by atoms with Crippen LogP contribution < -0.4 is 10.1 Å². The third-order valence-electron chi connectivity index (χ3n) is 4.59. The zero-order valence-electron chi connectivity index (χ0n) is 14.1. The molecule has 118 valence electrons. The summed E-state index contributed by atoms with van der Waals surface area (Å²) in [5.41, 5.74) is 1.42. The molecule has 0 spiro atoms. The lowest BCUT2D eigenvalue weighted by Crippen LogP contribution is -2.31. The quantitative estimate of drug-likeness (QED) is 0.826. The van der Waals surface area contributed by atoms with Gasteiger partial charge in [-0.2, -0.15) is 0 Å². The first kappa shape index (κ1) is 16.4. The minimum atomic E-state index is 0.236. The monoisotopic (exact) mass is 289 g/mol. The van der Waals surface area contributed by atoms with E-state index >= 15 is 0 Å². The van der Waals surface area contributed by atoms with Crippen molar-refractivity contribution in [3.8, 4) is 5.75 Å². The van der Waals surface area contributed by atoms with Crippen LogP contribution in [0.4, 0.5) is 0 Å². The van der Waals surface area contributed by atoms with E-state index in [0.29, 0.717) is 5.92 Å². The van der Waals surface area contributed by atoms with E-state index in [1.807, 2.05) is 0 Å². The average Bonchev–Trinajstić information content (AvgIpc) is 2.46. The number of nitrogens with one attached hydrogen (secondary N) is 1. The van der Waals surface area contributed by atoms with Gasteiger partial charge in [-0.15, -0.1) is 0 Å². The molecule has 2 nitrogen and oxygen atoms in total. The molecular formula is C19H31NO. The van der Waals surface area contributed by atoms with Crippen molar-refractivity contribution < 1.29 is 4.74 Å². The Labute approximate surface area is 130 Å². The van der Waals surface area contributed by atoms with Crippen LogP contribution in [0.2, 0.25) is 0 Å². The third-order valence-corrected chi connectivity index (χ3v) is 4.59. The summed E-state index contributed by atoms with van der Waals surface area (Å²) in [7, 11) is 0. The number of hydrogen-bond donors (Lipinski definition) is 1.